The van der Waals surface area contributed by atoms with Gasteiger partial charge >= 0.3 is 0 Å². The van der Waals surface area contributed by atoms with E-state index in [1.165, 1.54) is 18.3 Å². The molecule has 0 fully saturated rings. The molecule has 2 rings (SSSR count). The number of nitrogens with zero attached hydrogens (tertiary/aromatic N) is 1. The largest absolute Gasteiger partial charge is 0.272 e. The van der Waals surface area contributed by atoms with Crippen molar-refractivity contribution in [2.75, 3.05) is 0 Å². The number of amides is 1. The molecular weight excluding hydrogens is 389 g/mol. The van der Waals surface area contributed by atoms with Gasteiger partial charge in [-0.2, -0.15) is 5.10 Å². The van der Waals surface area contributed by atoms with Crippen LogP contribution >= 0.6 is 58.0 Å². The Morgan fingerprint density at radius 1 is 0.955 bits per heavy atom. The van der Waals surface area contributed by atoms with Crippen LogP contribution in [-0.4, -0.2) is 12.1 Å². The molecule has 0 atom stereocenters. The quantitative estimate of drug-likeness (QED) is 0.402. The second-order valence-electron chi connectivity index (χ2n) is 4.08. The van der Waals surface area contributed by atoms with Crippen LogP contribution in [0.2, 0.25) is 25.1 Å². The first kappa shape index (κ1) is 17.4. The van der Waals surface area contributed by atoms with Crippen LogP contribution in [0.25, 0.3) is 0 Å². The molecule has 0 saturated carbocycles. The highest BCUT2D eigenvalue weighted by atomic mass is 35.5. The Labute approximate surface area is 151 Å². The first-order chi connectivity index (χ1) is 10.4. The zero-order valence-corrected chi connectivity index (χ0v) is 14.5. The van der Waals surface area contributed by atoms with Gasteiger partial charge in [-0.1, -0.05) is 58.0 Å². The highest BCUT2D eigenvalue weighted by Gasteiger charge is 2.11. The van der Waals surface area contributed by atoms with Gasteiger partial charge in [-0.15, -0.1) is 0 Å². The Kier molecular flexibility index (Phi) is 5.95. The van der Waals surface area contributed by atoms with Crippen molar-refractivity contribution in [1.29, 1.82) is 0 Å². The van der Waals surface area contributed by atoms with E-state index in [0.29, 0.717) is 20.6 Å². The van der Waals surface area contributed by atoms with E-state index in [4.69, 9.17) is 58.0 Å². The van der Waals surface area contributed by atoms with E-state index < -0.39 is 5.91 Å². The molecule has 1 N–H and O–H groups in total. The maximum Gasteiger partial charge on any atom is 0.272 e. The van der Waals surface area contributed by atoms with Crippen molar-refractivity contribution < 1.29 is 4.79 Å². The molecule has 2 aromatic rings. The SMILES string of the molecule is O=C(N/N=C/c1c(Cl)ccc(Cl)c1Cl)c1ccc(Cl)cc1Cl. The zero-order valence-electron chi connectivity index (χ0n) is 10.7. The minimum Gasteiger partial charge on any atom is -0.267 e. The smallest absolute Gasteiger partial charge is 0.267 e. The van der Waals surface area contributed by atoms with E-state index in [1.807, 2.05) is 0 Å². The number of rotatable bonds is 3. The summed E-state index contributed by atoms with van der Waals surface area (Å²) in [5, 5.41) is 5.39. The van der Waals surface area contributed by atoms with Gasteiger partial charge < -0.3 is 0 Å². The monoisotopic (exact) mass is 394 g/mol. The number of carbonyl (C=O) groups excluding carboxylic acids is 1. The average molecular weight is 396 g/mol. The highest BCUT2D eigenvalue weighted by molar-refractivity contribution is 6.45. The molecule has 22 heavy (non-hydrogen) atoms. The Balaban J connectivity index is 2.16. The van der Waals surface area contributed by atoms with E-state index in [0.717, 1.165) is 0 Å². The van der Waals surface area contributed by atoms with Crippen molar-refractivity contribution in [3.63, 3.8) is 0 Å². The molecular formula is C14H7Cl5N2O. The van der Waals surface area contributed by atoms with Crippen LogP contribution in [0.3, 0.4) is 0 Å². The van der Waals surface area contributed by atoms with Gasteiger partial charge in [0.1, 0.15) is 0 Å². The van der Waals surface area contributed by atoms with E-state index in [2.05, 4.69) is 10.5 Å². The fraction of sp³-hybridized carbons (Fsp3) is 0. The molecule has 0 aliphatic rings. The van der Waals surface area contributed by atoms with Gasteiger partial charge in [0, 0.05) is 10.6 Å². The Bertz CT molecular complexity index is 761. The summed E-state index contributed by atoms with van der Waals surface area (Å²) in [6.07, 6.45) is 1.30. The number of benzene rings is 2. The van der Waals surface area contributed by atoms with Gasteiger partial charge in [0.25, 0.3) is 5.91 Å². The first-order valence-corrected chi connectivity index (χ1v) is 7.71. The van der Waals surface area contributed by atoms with E-state index >= 15 is 0 Å². The molecule has 0 spiro atoms. The third-order valence-electron chi connectivity index (χ3n) is 2.61. The average Bonchev–Trinajstić information content (AvgIpc) is 2.46. The van der Waals surface area contributed by atoms with E-state index in [9.17, 15) is 4.79 Å². The summed E-state index contributed by atoms with van der Waals surface area (Å²) in [5.74, 6) is -0.493. The van der Waals surface area contributed by atoms with Crippen molar-refractivity contribution in [2.45, 2.75) is 0 Å². The van der Waals surface area contributed by atoms with Crippen LogP contribution in [0.1, 0.15) is 15.9 Å². The molecule has 0 radical (unpaired) electrons. The molecule has 0 aliphatic heterocycles. The molecule has 2 aromatic carbocycles. The summed E-state index contributed by atoms with van der Waals surface area (Å²) in [6.45, 7) is 0. The summed E-state index contributed by atoms with van der Waals surface area (Å²) in [7, 11) is 0. The first-order valence-electron chi connectivity index (χ1n) is 5.82. The Morgan fingerprint density at radius 2 is 1.64 bits per heavy atom. The summed E-state index contributed by atoms with van der Waals surface area (Å²) in [5.41, 5.74) is 2.97. The lowest BCUT2D eigenvalue weighted by molar-refractivity contribution is 0.0955. The van der Waals surface area contributed by atoms with Gasteiger partial charge in [-0.3, -0.25) is 4.79 Å². The van der Waals surface area contributed by atoms with E-state index in [1.54, 1.807) is 18.2 Å². The van der Waals surface area contributed by atoms with E-state index in [-0.39, 0.29) is 15.6 Å². The molecule has 0 unspecified atom stereocenters. The molecule has 0 aromatic heterocycles. The number of hydrogen-bond donors (Lipinski definition) is 1. The predicted octanol–water partition coefficient (Wildman–Crippen LogP) is 5.72. The zero-order chi connectivity index (χ0) is 16.3. The molecule has 114 valence electrons. The van der Waals surface area contributed by atoms with Crippen LogP contribution in [0.5, 0.6) is 0 Å². The third kappa shape index (κ3) is 4.06. The normalized spacial score (nSPS) is 11.0. The van der Waals surface area contributed by atoms with Crippen molar-refractivity contribution in [3.8, 4) is 0 Å². The molecule has 1 amide bonds. The summed E-state index contributed by atoms with van der Waals surface area (Å²) < 4.78 is 0. The third-order valence-corrected chi connectivity index (χ3v) is 4.31. The number of carbonyl (C=O) groups is 1. The van der Waals surface area contributed by atoms with Crippen molar-refractivity contribution in [1.82, 2.24) is 5.43 Å². The van der Waals surface area contributed by atoms with Crippen molar-refractivity contribution >= 4 is 70.1 Å². The Morgan fingerprint density at radius 3 is 2.32 bits per heavy atom. The molecule has 8 heteroatoms. The van der Waals surface area contributed by atoms with Crippen LogP contribution < -0.4 is 5.43 Å². The van der Waals surface area contributed by atoms with Crippen molar-refractivity contribution in [2.24, 2.45) is 5.10 Å². The van der Waals surface area contributed by atoms with Gasteiger partial charge in [0.05, 0.1) is 31.9 Å². The maximum atomic E-state index is 12.0. The molecule has 0 bridgehead atoms. The molecule has 0 saturated heterocycles. The lowest BCUT2D eigenvalue weighted by Crippen LogP contribution is -2.18. The lowest BCUT2D eigenvalue weighted by Gasteiger charge is -2.04. The minimum atomic E-state index is -0.493. The number of halogens is 5. The fourth-order valence-electron chi connectivity index (χ4n) is 1.55. The second kappa shape index (κ2) is 7.53. The topological polar surface area (TPSA) is 41.5 Å². The molecule has 0 aliphatic carbocycles. The standard InChI is InChI=1S/C14H7Cl5N2O/c15-7-1-2-8(12(18)5-7)14(22)21-20-6-9-10(16)3-4-11(17)13(9)19/h1-6H,(H,21,22)/b20-6+. The minimum absolute atomic E-state index is 0.221. The van der Waals surface area contributed by atoms with Gasteiger partial charge in [-0.05, 0) is 30.3 Å². The van der Waals surface area contributed by atoms with Crippen LogP contribution in [0.15, 0.2) is 35.4 Å². The van der Waals surface area contributed by atoms with Gasteiger partial charge in [-0.25, -0.2) is 5.43 Å². The number of hydrogen-bond acceptors (Lipinski definition) is 2. The van der Waals surface area contributed by atoms with Gasteiger partial charge in [0.2, 0.25) is 0 Å². The number of hydrazone groups is 1. The van der Waals surface area contributed by atoms with Crippen molar-refractivity contribution in [3.05, 3.63) is 66.6 Å². The summed E-state index contributed by atoms with van der Waals surface area (Å²) in [4.78, 5) is 12.0. The highest BCUT2D eigenvalue weighted by Crippen LogP contribution is 2.30. The predicted molar refractivity (Wildman–Crippen MR) is 93.0 cm³/mol. The Hall–Kier alpha value is -0.970. The number of nitrogens with one attached hydrogen (secondary N) is 1. The molecule has 0 heterocycles. The fourth-order valence-corrected chi connectivity index (χ4v) is 2.68. The lowest BCUT2D eigenvalue weighted by atomic mass is 10.2. The van der Waals surface area contributed by atoms with Crippen LogP contribution in [-0.2, 0) is 0 Å². The maximum absolute atomic E-state index is 12.0. The van der Waals surface area contributed by atoms with Crippen LogP contribution in [0.4, 0.5) is 0 Å². The molecule has 3 nitrogen and oxygen atoms in total. The van der Waals surface area contributed by atoms with Crippen LogP contribution in [0, 0.1) is 0 Å². The summed E-state index contributed by atoms with van der Waals surface area (Å²) in [6, 6.07) is 7.66. The second-order valence-corrected chi connectivity index (χ2v) is 6.12. The summed E-state index contributed by atoms with van der Waals surface area (Å²) >= 11 is 29.6. The van der Waals surface area contributed by atoms with Gasteiger partial charge in [0.15, 0.2) is 0 Å².